The highest BCUT2D eigenvalue weighted by Crippen LogP contribution is 2.74. The van der Waals surface area contributed by atoms with Crippen LogP contribution < -0.4 is 0 Å². The Kier molecular flexibility index (Phi) is 2.55. The lowest BCUT2D eigenvalue weighted by Crippen LogP contribution is -2.54. The molecule has 8 saturated carbocycles. The first kappa shape index (κ1) is 13.4. The smallest absolute Gasteiger partial charge is 0.0735 e. The summed E-state index contributed by atoms with van der Waals surface area (Å²) in [6.45, 7) is 0. The minimum Gasteiger partial charge on any atom is -0.0735 e. The molecule has 8 fully saturated rings. The fraction of sp³-hybridized carbons (Fsp3) is 1.00. The van der Waals surface area contributed by atoms with Crippen LogP contribution in [0.2, 0.25) is 0 Å². The van der Waals surface area contributed by atoms with Gasteiger partial charge in [0.1, 0.15) is 0 Å². The van der Waals surface area contributed by atoms with Crippen LogP contribution in [0.15, 0.2) is 0 Å². The normalized spacial score (nSPS) is 61.7. The fourth-order valence-corrected chi connectivity index (χ4v) is 12.7. The first-order valence-corrected chi connectivity index (χ1v) is 11.4. The summed E-state index contributed by atoms with van der Waals surface area (Å²) in [4.78, 5) is 0. The Bertz CT molecular complexity index is 419. The zero-order chi connectivity index (χ0) is 14.5. The Morgan fingerprint density at radius 1 is 0.500 bits per heavy atom. The Morgan fingerprint density at radius 2 is 0.727 bits per heavy atom. The van der Waals surface area contributed by atoms with E-state index < -0.39 is 7.80 Å². The summed E-state index contributed by atoms with van der Waals surface area (Å²) in [6, 6.07) is 0. The van der Waals surface area contributed by atoms with Crippen molar-refractivity contribution >= 4 is 7.80 Å². The molecule has 0 radical (unpaired) electrons. The van der Waals surface area contributed by atoms with Crippen LogP contribution in [-0.4, -0.2) is 10.3 Å². The summed E-state index contributed by atoms with van der Waals surface area (Å²) in [5.74, 6) is 5.75. The van der Waals surface area contributed by atoms with E-state index in [1.54, 1.807) is 0 Å². The Morgan fingerprint density at radius 3 is 0.955 bits per heavy atom. The van der Waals surface area contributed by atoms with Gasteiger partial charge in [0, 0.05) is 0 Å². The zero-order valence-corrected chi connectivity index (χ0v) is 14.7. The summed E-state index contributed by atoms with van der Waals surface area (Å²) >= 11 is 0. The van der Waals surface area contributed by atoms with Crippen LogP contribution in [0.3, 0.4) is 0 Å². The molecule has 0 saturated heterocycles. The van der Waals surface area contributed by atoms with Crippen molar-refractivity contribution in [2.75, 3.05) is 0 Å². The Balaban J connectivity index is 1.37. The summed E-state index contributed by atoms with van der Waals surface area (Å²) in [5.41, 5.74) is 0. The van der Waals surface area contributed by atoms with Gasteiger partial charge >= 0.3 is 7.80 Å². The standard InChI is InChI=1S/C20H30OP/c21-22(19-7-13-1-14(8-19)3-15(2-13)9-19)20-10-16-4-17(11-20)6-18(5-16)12-20/h13-18H,1-12H2/q+1. The van der Waals surface area contributed by atoms with Crippen molar-refractivity contribution in [2.45, 2.75) is 87.4 Å². The van der Waals surface area contributed by atoms with Gasteiger partial charge in [-0.3, -0.25) is 0 Å². The molecule has 0 unspecified atom stereocenters. The van der Waals surface area contributed by atoms with Gasteiger partial charge in [0.15, 0.2) is 10.3 Å². The lowest BCUT2D eigenvalue weighted by Gasteiger charge is -2.56. The SMILES string of the molecule is O=[P+](C12CC3CC(CC(C3)C1)C2)C12CC3CC(CC(C3)C1)C2. The Hall–Kier alpha value is 0.100. The maximum atomic E-state index is 14.1. The van der Waals surface area contributed by atoms with Gasteiger partial charge in [-0.25, -0.2) is 0 Å². The van der Waals surface area contributed by atoms with Gasteiger partial charge in [-0.05, 0) is 113 Å². The molecule has 0 N–H and O–H groups in total. The van der Waals surface area contributed by atoms with Crippen molar-refractivity contribution < 1.29 is 4.57 Å². The van der Waals surface area contributed by atoms with E-state index in [2.05, 4.69) is 0 Å². The molecule has 2 heteroatoms. The van der Waals surface area contributed by atoms with Crippen LogP contribution >= 0.6 is 7.80 Å². The van der Waals surface area contributed by atoms with Crippen LogP contribution in [0, 0.1) is 35.5 Å². The summed E-state index contributed by atoms with van der Waals surface area (Å²) < 4.78 is 14.1. The van der Waals surface area contributed by atoms with Crippen molar-refractivity contribution in [1.29, 1.82) is 0 Å². The van der Waals surface area contributed by atoms with Crippen molar-refractivity contribution in [1.82, 2.24) is 0 Å². The van der Waals surface area contributed by atoms with E-state index in [1.165, 1.54) is 77.0 Å². The van der Waals surface area contributed by atoms with E-state index >= 15 is 0 Å². The third-order valence-electron chi connectivity index (χ3n) is 8.87. The number of hydrogen-bond acceptors (Lipinski definition) is 1. The molecule has 8 rings (SSSR count). The molecule has 22 heavy (non-hydrogen) atoms. The lowest BCUT2D eigenvalue weighted by atomic mass is 9.55. The van der Waals surface area contributed by atoms with Gasteiger partial charge in [0.05, 0.1) is 0 Å². The number of hydrogen-bond donors (Lipinski definition) is 0. The third-order valence-corrected chi connectivity index (χ3v) is 11.7. The van der Waals surface area contributed by atoms with E-state index in [9.17, 15) is 4.57 Å². The molecule has 0 heterocycles. The van der Waals surface area contributed by atoms with Gasteiger partial charge in [-0.15, -0.1) is 0 Å². The van der Waals surface area contributed by atoms with E-state index in [0.29, 0.717) is 10.3 Å². The highest BCUT2D eigenvalue weighted by atomic mass is 31.1. The molecule has 0 aliphatic heterocycles. The molecule has 0 aromatic carbocycles. The van der Waals surface area contributed by atoms with Crippen LogP contribution in [0.1, 0.15) is 77.0 Å². The average Bonchev–Trinajstić information content (AvgIpc) is 2.43. The topological polar surface area (TPSA) is 17.1 Å². The second kappa shape index (κ2) is 4.19. The quantitative estimate of drug-likeness (QED) is 0.592. The highest BCUT2D eigenvalue weighted by molar-refractivity contribution is 7.48. The molecule has 0 atom stereocenters. The largest absolute Gasteiger partial charge is 0.351 e. The molecule has 0 aromatic rings. The van der Waals surface area contributed by atoms with Crippen LogP contribution in [0.4, 0.5) is 0 Å². The molecular weight excluding hydrogens is 287 g/mol. The highest BCUT2D eigenvalue weighted by Gasteiger charge is 2.70. The maximum absolute atomic E-state index is 14.1. The van der Waals surface area contributed by atoms with Crippen LogP contribution in [0.25, 0.3) is 0 Å². The second-order valence-electron chi connectivity index (χ2n) is 10.6. The minimum atomic E-state index is -0.979. The van der Waals surface area contributed by atoms with Gasteiger partial charge in [0.25, 0.3) is 0 Å². The number of rotatable bonds is 2. The molecule has 1 nitrogen and oxygen atoms in total. The van der Waals surface area contributed by atoms with Crippen molar-refractivity contribution in [2.24, 2.45) is 35.5 Å². The fourth-order valence-electron chi connectivity index (χ4n) is 9.13. The van der Waals surface area contributed by atoms with Gasteiger partial charge < -0.3 is 0 Å². The van der Waals surface area contributed by atoms with Gasteiger partial charge in [0.2, 0.25) is 0 Å². The molecular formula is C20H30OP+. The minimum absolute atomic E-state index is 0.315. The van der Waals surface area contributed by atoms with Crippen molar-refractivity contribution in [3.63, 3.8) is 0 Å². The first-order chi connectivity index (χ1) is 10.6. The molecule has 0 aromatic heterocycles. The predicted molar refractivity (Wildman–Crippen MR) is 89.4 cm³/mol. The summed E-state index contributed by atoms with van der Waals surface area (Å²) in [7, 11) is -0.979. The van der Waals surface area contributed by atoms with Crippen molar-refractivity contribution in [3.05, 3.63) is 0 Å². The maximum Gasteiger partial charge on any atom is 0.351 e. The van der Waals surface area contributed by atoms with E-state index in [0.717, 1.165) is 35.5 Å². The van der Waals surface area contributed by atoms with Crippen molar-refractivity contribution in [3.8, 4) is 0 Å². The molecule has 8 bridgehead atoms. The molecule has 0 amide bonds. The molecule has 0 spiro atoms. The van der Waals surface area contributed by atoms with E-state index in [4.69, 9.17) is 0 Å². The van der Waals surface area contributed by atoms with Gasteiger partial charge in [-0.1, -0.05) is 4.57 Å². The predicted octanol–water partition coefficient (Wildman–Crippen LogP) is 5.75. The Labute approximate surface area is 135 Å². The zero-order valence-electron chi connectivity index (χ0n) is 13.8. The lowest BCUT2D eigenvalue weighted by molar-refractivity contribution is 0.0165. The summed E-state index contributed by atoms with van der Waals surface area (Å²) in [5, 5.41) is 0.630. The summed E-state index contributed by atoms with van der Waals surface area (Å²) in [6.07, 6.45) is 17.1. The monoisotopic (exact) mass is 317 g/mol. The van der Waals surface area contributed by atoms with E-state index in [1.807, 2.05) is 0 Å². The average molecular weight is 317 g/mol. The van der Waals surface area contributed by atoms with E-state index in [-0.39, 0.29) is 0 Å². The molecule has 8 aliphatic carbocycles. The van der Waals surface area contributed by atoms with Crippen LogP contribution in [0.5, 0.6) is 0 Å². The molecule has 120 valence electrons. The molecule has 8 aliphatic rings. The van der Waals surface area contributed by atoms with Crippen LogP contribution in [-0.2, 0) is 4.57 Å². The second-order valence-corrected chi connectivity index (χ2v) is 13.1. The third kappa shape index (κ3) is 1.68. The first-order valence-electron chi connectivity index (χ1n) is 10.1. The van der Waals surface area contributed by atoms with Gasteiger partial charge in [-0.2, -0.15) is 0 Å².